The Kier molecular flexibility index (Phi) is 21.3. The maximum Gasteiger partial charge on any atom is 0.320 e. The largest absolute Gasteiger partial charge is 1.00 e. The average molecular weight is 234 g/mol. The fraction of sp³-hybridized carbons (Fsp3) is 0.833. The number of carboxylic acids is 1. The Morgan fingerprint density at radius 1 is 1.67 bits per heavy atom. The summed E-state index contributed by atoms with van der Waals surface area (Å²) in [6.07, 6.45) is 4.28. The number of hydrogen-bond donors (Lipinski definition) is 2. The Hall–Kier alpha value is 0.420. The van der Waals surface area contributed by atoms with E-state index < -0.39 is 12.0 Å². The van der Waals surface area contributed by atoms with Crippen molar-refractivity contribution in [3.05, 3.63) is 0 Å². The van der Waals surface area contributed by atoms with Gasteiger partial charge in [0, 0.05) is 0 Å². The second-order valence-electron chi connectivity index (χ2n) is 1.73. The maximum atomic E-state index is 10.1. The summed E-state index contributed by atoms with van der Waals surface area (Å²) in [5.74, 6) is -0.1000. The highest BCUT2D eigenvalue weighted by Gasteiger charge is 2.08. The van der Waals surface area contributed by atoms with Gasteiger partial charge in [-0.3, -0.25) is 4.79 Å². The molecule has 0 heterocycles. The third kappa shape index (κ3) is 13.0. The predicted molar refractivity (Wildman–Crippen MR) is 54.7 cm³/mol. The number of nitrogens with two attached hydrogens (primary N) is 1. The molecule has 76 valence electrons. The molecule has 12 heavy (non-hydrogen) atoms. The molecule has 0 fully saturated rings. The van der Waals surface area contributed by atoms with Crippen LogP contribution in [0.25, 0.3) is 0 Å². The smallest absolute Gasteiger partial charge is 0.320 e. The Bertz CT molecular complexity index is 106. The van der Waals surface area contributed by atoms with Crippen LogP contribution in [0.5, 0.6) is 0 Å². The van der Waals surface area contributed by atoms with Crippen LogP contribution in [0.3, 0.4) is 0 Å². The highest BCUT2D eigenvalue weighted by Crippen LogP contribution is 1.97. The highest BCUT2D eigenvalue weighted by atomic mass is 35.5. The zero-order chi connectivity index (χ0) is 9.28. The second-order valence-corrected chi connectivity index (χ2v) is 2.71. The summed E-state index contributed by atoms with van der Waals surface area (Å²) in [6, 6.07) is -0.683. The molecule has 0 aliphatic rings. The lowest BCUT2D eigenvalue weighted by molar-refractivity contribution is -0.138. The fourth-order valence-corrected chi connectivity index (χ4v) is 0.858. The van der Waals surface area contributed by atoms with Crippen LogP contribution in [0.4, 0.5) is 0 Å². The van der Waals surface area contributed by atoms with Crippen molar-refractivity contribution < 1.29 is 22.3 Å². The molecule has 0 unspecified atom stereocenters. The van der Waals surface area contributed by atoms with E-state index in [9.17, 15) is 4.79 Å². The first-order valence-electron chi connectivity index (χ1n) is 3.15. The number of thioether (sulfide) groups is 1. The molecule has 3 N–H and O–H groups in total. The van der Waals surface area contributed by atoms with E-state index in [1.807, 2.05) is 6.26 Å². The van der Waals surface area contributed by atoms with Crippen LogP contribution < -0.4 is 18.1 Å². The van der Waals surface area contributed by atoms with E-state index in [1.165, 1.54) is 0 Å². The fourth-order valence-electron chi connectivity index (χ4n) is 0.368. The highest BCUT2D eigenvalue weighted by molar-refractivity contribution is 7.98. The molecule has 0 aliphatic carbocycles. The number of rotatable bonds is 4. The Morgan fingerprint density at radius 3 is 2.33 bits per heavy atom. The lowest BCUT2D eigenvalue weighted by Crippen LogP contribution is -3.00. The molecule has 0 saturated heterocycles. The third-order valence-electron chi connectivity index (χ3n) is 0.950. The standard InChI is InChI=1S/C5H11NO2S.CH4S.ClH/c1-9-3-2-4(6)5(7)8;1-2;/h4H,2-3,6H2,1H3,(H,7,8);2H,1H3;1H/t4-;;/m1../s1. The van der Waals surface area contributed by atoms with Crippen molar-refractivity contribution in [1.29, 1.82) is 0 Å². The van der Waals surface area contributed by atoms with E-state index >= 15 is 0 Å². The van der Waals surface area contributed by atoms with Gasteiger partial charge >= 0.3 is 5.97 Å². The molecule has 0 aromatic carbocycles. The molecule has 0 rings (SSSR count). The van der Waals surface area contributed by atoms with Gasteiger partial charge in [0.25, 0.3) is 0 Å². The van der Waals surface area contributed by atoms with Gasteiger partial charge in [-0.1, -0.05) is 0 Å². The predicted octanol–water partition coefficient (Wildman–Crippen LogP) is -3.22. The molecule has 0 aliphatic heterocycles. The van der Waals surface area contributed by atoms with Gasteiger partial charge < -0.3 is 23.2 Å². The van der Waals surface area contributed by atoms with E-state index in [0.717, 1.165) is 5.75 Å². The van der Waals surface area contributed by atoms with Crippen LogP contribution in [-0.4, -0.2) is 35.4 Å². The summed E-state index contributed by atoms with van der Waals surface area (Å²) >= 11 is 4.58. The van der Waals surface area contributed by atoms with Gasteiger partial charge in [-0.25, -0.2) is 0 Å². The van der Waals surface area contributed by atoms with E-state index in [4.69, 9.17) is 10.8 Å². The number of carbonyl (C=O) groups is 1. The van der Waals surface area contributed by atoms with E-state index in [2.05, 4.69) is 12.6 Å². The van der Waals surface area contributed by atoms with Gasteiger partial charge in [0.1, 0.15) is 6.04 Å². The average Bonchev–Trinajstić information content (AvgIpc) is 2.03. The number of carboxylic acid groups (broad SMARTS) is 1. The van der Waals surface area contributed by atoms with Crippen molar-refractivity contribution in [2.75, 3.05) is 18.3 Å². The normalized spacial score (nSPS) is 10.3. The topological polar surface area (TPSA) is 63.3 Å². The lowest BCUT2D eigenvalue weighted by Gasteiger charge is -2.02. The maximum absolute atomic E-state index is 10.1. The molecule has 1 atom stereocenters. The lowest BCUT2D eigenvalue weighted by atomic mass is 10.2. The third-order valence-corrected chi connectivity index (χ3v) is 1.59. The minimum Gasteiger partial charge on any atom is -1.00 e. The van der Waals surface area contributed by atoms with E-state index in [-0.39, 0.29) is 12.4 Å². The van der Waals surface area contributed by atoms with Crippen molar-refractivity contribution in [1.82, 2.24) is 0 Å². The first-order chi connectivity index (χ1) is 5.18. The van der Waals surface area contributed by atoms with Gasteiger partial charge in [0.15, 0.2) is 0 Å². The summed E-state index contributed by atoms with van der Waals surface area (Å²) in [7, 11) is 0. The van der Waals surface area contributed by atoms with Gasteiger partial charge in [-0.05, 0) is 31.1 Å². The molecule has 0 aromatic rings. The zero-order valence-corrected chi connectivity index (χ0v) is 9.78. The Morgan fingerprint density at radius 2 is 2.08 bits per heavy atom. The molecular weight excluding hydrogens is 218 g/mol. The molecule has 0 saturated carbocycles. The number of halogens is 1. The van der Waals surface area contributed by atoms with E-state index in [0.29, 0.717) is 6.42 Å². The van der Waals surface area contributed by atoms with Gasteiger partial charge in [-0.15, -0.1) is 0 Å². The van der Waals surface area contributed by atoms with Crippen molar-refractivity contribution in [3.8, 4) is 0 Å². The van der Waals surface area contributed by atoms with Crippen molar-refractivity contribution in [2.45, 2.75) is 12.5 Å². The summed E-state index contributed by atoms with van der Waals surface area (Å²) < 4.78 is 0. The minimum atomic E-state index is -0.913. The summed E-state index contributed by atoms with van der Waals surface area (Å²) in [4.78, 5) is 10.1. The van der Waals surface area contributed by atoms with Crippen LogP contribution in [0.2, 0.25) is 0 Å². The van der Waals surface area contributed by atoms with Crippen LogP contribution >= 0.6 is 11.8 Å². The van der Waals surface area contributed by atoms with Crippen LogP contribution in [0, 0.1) is 0 Å². The molecule has 6 heteroatoms. The van der Waals surface area contributed by atoms with Gasteiger partial charge in [0.2, 0.25) is 0 Å². The molecule has 3 nitrogen and oxygen atoms in total. The zero-order valence-electron chi connectivity index (χ0n) is 7.21. The summed E-state index contributed by atoms with van der Waals surface area (Å²) in [5, 5.41) is 8.27. The molecular formula is C6H16ClNO2S2. The number of hydrogen-bond acceptors (Lipinski definition) is 3. The number of aliphatic carboxylic acids is 1. The quantitative estimate of drug-likeness (QED) is 0.502. The molecule has 0 aromatic heterocycles. The van der Waals surface area contributed by atoms with Crippen molar-refractivity contribution in [3.63, 3.8) is 0 Å². The Labute approximate surface area is 89.3 Å². The van der Waals surface area contributed by atoms with Gasteiger partial charge in [-0.2, -0.15) is 11.8 Å². The first-order valence-corrected chi connectivity index (χ1v) is 5.55. The first kappa shape index (κ1) is 18.3. The van der Waals surface area contributed by atoms with Crippen LogP contribution in [0.15, 0.2) is 0 Å². The SMILES string of the molecule is CSCC[C@@H](N)C(=O)O.C[SH2+].[Cl-]. The van der Waals surface area contributed by atoms with Crippen molar-refractivity contribution >= 4 is 30.4 Å². The van der Waals surface area contributed by atoms with Crippen molar-refractivity contribution in [2.24, 2.45) is 5.73 Å². The molecule has 0 amide bonds. The van der Waals surface area contributed by atoms with Crippen LogP contribution in [0.1, 0.15) is 6.42 Å². The van der Waals surface area contributed by atoms with Gasteiger partial charge in [0.05, 0.1) is 6.26 Å². The molecule has 0 bridgehead atoms. The minimum absolute atomic E-state index is 0. The molecule has 0 radical (unpaired) electrons. The Balaban J connectivity index is -0.000000249. The van der Waals surface area contributed by atoms with Crippen LogP contribution in [-0.2, 0) is 17.4 Å². The summed E-state index contributed by atoms with van der Waals surface area (Å²) in [6.45, 7) is 0. The van der Waals surface area contributed by atoms with E-state index in [1.54, 1.807) is 18.0 Å². The molecule has 0 spiro atoms. The summed E-state index contributed by atoms with van der Waals surface area (Å²) in [5.41, 5.74) is 5.19. The monoisotopic (exact) mass is 233 g/mol. The second kappa shape index (κ2) is 14.0.